The molecule has 82 valence electrons. The zero-order chi connectivity index (χ0) is 10.2. The molecule has 1 saturated carbocycles. The van der Waals surface area contributed by atoms with Crippen molar-refractivity contribution in [2.24, 2.45) is 11.7 Å². The lowest BCUT2D eigenvalue weighted by Crippen LogP contribution is -2.57. The van der Waals surface area contributed by atoms with Crippen LogP contribution in [-0.2, 0) is 0 Å². The van der Waals surface area contributed by atoms with Gasteiger partial charge in [0.05, 0.1) is 0 Å². The summed E-state index contributed by atoms with van der Waals surface area (Å²) in [5.41, 5.74) is 6.28. The van der Waals surface area contributed by atoms with Gasteiger partial charge in [0.2, 0.25) is 0 Å². The van der Waals surface area contributed by atoms with Crippen LogP contribution >= 0.6 is 11.8 Å². The molecule has 0 aromatic heterocycles. The fraction of sp³-hybridized carbons (Fsp3) is 1.00. The van der Waals surface area contributed by atoms with Crippen LogP contribution in [0.3, 0.4) is 0 Å². The lowest BCUT2D eigenvalue weighted by Gasteiger charge is -2.44. The van der Waals surface area contributed by atoms with Gasteiger partial charge in [0.25, 0.3) is 0 Å². The van der Waals surface area contributed by atoms with E-state index in [0.29, 0.717) is 5.54 Å². The Bertz CT molecular complexity index is 205. The third-order valence-electron chi connectivity index (χ3n) is 3.83. The highest BCUT2D eigenvalue weighted by Gasteiger charge is 2.45. The van der Waals surface area contributed by atoms with E-state index in [2.05, 4.69) is 30.5 Å². The minimum Gasteiger partial charge on any atom is -0.329 e. The Morgan fingerprint density at radius 2 is 2.21 bits per heavy atom. The van der Waals surface area contributed by atoms with Crippen LogP contribution in [0.25, 0.3) is 0 Å². The van der Waals surface area contributed by atoms with Crippen LogP contribution < -0.4 is 5.73 Å². The SMILES string of the molecule is CC1CN(C(C)(CN)C2CC2)CCS1. The first-order valence-electron chi connectivity index (χ1n) is 5.73. The molecule has 1 heterocycles. The molecule has 14 heavy (non-hydrogen) atoms. The van der Waals surface area contributed by atoms with E-state index in [9.17, 15) is 0 Å². The Morgan fingerprint density at radius 1 is 1.50 bits per heavy atom. The van der Waals surface area contributed by atoms with Gasteiger partial charge in [0.15, 0.2) is 0 Å². The average Bonchev–Trinajstić information content (AvgIpc) is 3.00. The van der Waals surface area contributed by atoms with Crippen molar-refractivity contribution >= 4 is 11.8 Å². The highest BCUT2D eigenvalue weighted by atomic mass is 32.2. The number of nitrogens with two attached hydrogens (primary N) is 1. The van der Waals surface area contributed by atoms with Gasteiger partial charge in [0.1, 0.15) is 0 Å². The van der Waals surface area contributed by atoms with Crippen LogP contribution in [-0.4, -0.2) is 41.1 Å². The summed E-state index contributed by atoms with van der Waals surface area (Å²) in [7, 11) is 0. The van der Waals surface area contributed by atoms with E-state index in [1.54, 1.807) is 0 Å². The highest BCUT2D eigenvalue weighted by Crippen LogP contribution is 2.43. The predicted molar refractivity (Wildman–Crippen MR) is 63.7 cm³/mol. The summed E-state index contributed by atoms with van der Waals surface area (Å²) in [6.07, 6.45) is 2.79. The lowest BCUT2D eigenvalue weighted by molar-refractivity contribution is 0.0944. The van der Waals surface area contributed by atoms with Crippen LogP contribution in [0.2, 0.25) is 0 Å². The summed E-state index contributed by atoms with van der Waals surface area (Å²) in [5.74, 6) is 2.16. The molecule has 3 heteroatoms. The summed E-state index contributed by atoms with van der Waals surface area (Å²) in [5, 5.41) is 0.786. The zero-order valence-electron chi connectivity index (χ0n) is 9.33. The normalized spacial score (nSPS) is 34.1. The van der Waals surface area contributed by atoms with Gasteiger partial charge in [-0.1, -0.05) is 6.92 Å². The molecule has 1 saturated heterocycles. The lowest BCUT2D eigenvalue weighted by atomic mass is 9.93. The third kappa shape index (κ3) is 1.95. The third-order valence-corrected chi connectivity index (χ3v) is 4.97. The van der Waals surface area contributed by atoms with Crippen molar-refractivity contribution < 1.29 is 0 Å². The summed E-state index contributed by atoms with van der Waals surface area (Å²) in [6, 6.07) is 0. The first-order valence-corrected chi connectivity index (χ1v) is 6.78. The molecule has 0 aromatic rings. The quantitative estimate of drug-likeness (QED) is 0.773. The second-order valence-corrected chi connectivity index (χ2v) is 6.51. The van der Waals surface area contributed by atoms with E-state index in [4.69, 9.17) is 5.73 Å². The molecule has 0 bridgehead atoms. The Labute approximate surface area is 91.6 Å². The molecule has 1 aliphatic carbocycles. The van der Waals surface area contributed by atoms with Gasteiger partial charge in [-0.15, -0.1) is 0 Å². The predicted octanol–water partition coefficient (Wildman–Crippen LogP) is 1.55. The molecule has 0 amide bonds. The van der Waals surface area contributed by atoms with Gasteiger partial charge in [-0.05, 0) is 25.7 Å². The fourth-order valence-corrected chi connectivity index (χ4v) is 3.56. The molecule has 2 unspecified atom stereocenters. The molecule has 2 rings (SSSR count). The molecule has 2 N–H and O–H groups in total. The van der Waals surface area contributed by atoms with Gasteiger partial charge in [-0.25, -0.2) is 0 Å². The van der Waals surface area contributed by atoms with Crippen molar-refractivity contribution in [3.05, 3.63) is 0 Å². The maximum absolute atomic E-state index is 5.98. The molecule has 1 aliphatic heterocycles. The van der Waals surface area contributed by atoms with Crippen LogP contribution in [0.15, 0.2) is 0 Å². The van der Waals surface area contributed by atoms with E-state index in [0.717, 1.165) is 17.7 Å². The molecule has 2 nitrogen and oxygen atoms in total. The van der Waals surface area contributed by atoms with Crippen LogP contribution in [0.1, 0.15) is 26.7 Å². The molecular formula is C11H22N2S. The largest absolute Gasteiger partial charge is 0.329 e. The van der Waals surface area contributed by atoms with Crippen molar-refractivity contribution in [2.75, 3.05) is 25.4 Å². The molecule has 2 fully saturated rings. The van der Waals surface area contributed by atoms with Gasteiger partial charge in [-0.3, -0.25) is 4.90 Å². The van der Waals surface area contributed by atoms with Gasteiger partial charge < -0.3 is 5.73 Å². The monoisotopic (exact) mass is 214 g/mol. The van der Waals surface area contributed by atoms with Gasteiger partial charge in [0, 0.05) is 36.2 Å². The topological polar surface area (TPSA) is 29.3 Å². The maximum atomic E-state index is 5.98. The van der Waals surface area contributed by atoms with Crippen molar-refractivity contribution in [2.45, 2.75) is 37.5 Å². The van der Waals surface area contributed by atoms with E-state index in [1.165, 1.54) is 31.7 Å². The zero-order valence-corrected chi connectivity index (χ0v) is 10.1. The summed E-state index contributed by atoms with van der Waals surface area (Å²) in [6.45, 7) is 8.00. The minimum atomic E-state index is 0.301. The van der Waals surface area contributed by atoms with Crippen molar-refractivity contribution in [3.8, 4) is 0 Å². The summed E-state index contributed by atoms with van der Waals surface area (Å²) in [4.78, 5) is 2.64. The van der Waals surface area contributed by atoms with Crippen molar-refractivity contribution in [3.63, 3.8) is 0 Å². The summed E-state index contributed by atoms with van der Waals surface area (Å²) >= 11 is 2.10. The van der Waals surface area contributed by atoms with Crippen LogP contribution in [0.5, 0.6) is 0 Å². The molecule has 2 aliphatic rings. The Hall–Kier alpha value is 0.270. The number of hydrogen-bond donors (Lipinski definition) is 1. The number of rotatable bonds is 3. The van der Waals surface area contributed by atoms with E-state index in [1.807, 2.05) is 0 Å². The maximum Gasteiger partial charge on any atom is 0.0332 e. The molecule has 2 atom stereocenters. The summed E-state index contributed by atoms with van der Waals surface area (Å²) < 4.78 is 0. The molecule has 0 aromatic carbocycles. The standard InChI is InChI=1S/C11H22N2S/c1-9-7-13(5-6-14-9)11(2,8-12)10-3-4-10/h9-10H,3-8,12H2,1-2H3. The Kier molecular flexibility index (Phi) is 3.10. The average molecular weight is 214 g/mol. The van der Waals surface area contributed by atoms with Gasteiger partial charge >= 0.3 is 0 Å². The number of thioether (sulfide) groups is 1. The number of hydrogen-bond acceptors (Lipinski definition) is 3. The number of nitrogens with zero attached hydrogens (tertiary/aromatic N) is 1. The fourth-order valence-electron chi connectivity index (χ4n) is 2.54. The Balaban J connectivity index is 2.02. The second kappa shape index (κ2) is 4.03. The van der Waals surface area contributed by atoms with Crippen LogP contribution in [0.4, 0.5) is 0 Å². The molecule has 0 radical (unpaired) electrons. The highest BCUT2D eigenvalue weighted by molar-refractivity contribution is 7.99. The van der Waals surface area contributed by atoms with E-state index >= 15 is 0 Å². The van der Waals surface area contributed by atoms with Crippen molar-refractivity contribution in [1.82, 2.24) is 4.90 Å². The van der Waals surface area contributed by atoms with E-state index < -0.39 is 0 Å². The minimum absolute atomic E-state index is 0.301. The first kappa shape index (κ1) is 10.8. The first-order chi connectivity index (χ1) is 6.66. The van der Waals surface area contributed by atoms with Crippen LogP contribution in [0, 0.1) is 5.92 Å². The Morgan fingerprint density at radius 3 is 2.71 bits per heavy atom. The van der Waals surface area contributed by atoms with E-state index in [-0.39, 0.29) is 0 Å². The second-order valence-electron chi connectivity index (χ2n) is 4.96. The smallest absolute Gasteiger partial charge is 0.0332 e. The molecular weight excluding hydrogens is 192 g/mol. The molecule has 0 spiro atoms. The van der Waals surface area contributed by atoms with Crippen molar-refractivity contribution in [1.29, 1.82) is 0 Å². The van der Waals surface area contributed by atoms with Gasteiger partial charge in [-0.2, -0.15) is 11.8 Å².